The van der Waals surface area contributed by atoms with Gasteiger partial charge in [0.15, 0.2) is 0 Å². The van der Waals surface area contributed by atoms with Crippen LogP contribution in [0.2, 0.25) is 0 Å². The van der Waals surface area contributed by atoms with Crippen LogP contribution in [0.25, 0.3) is 0 Å². The number of aryl methyl sites for hydroxylation is 2. The van der Waals surface area contributed by atoms with Crippen molar-refractivity contribution in [1.82, 2.24) is 14.8 Å². The molecule has 44 heavy (non-hydrogen) atoms. The third kappa shape index (κ3) is 6.11. The van der Waals surface area contributed by atoms with Gasteiger partial charge in [-0.1, -0.05) is 17.7 Å². The molecule has 1 amide bonds. The quantitative estimate of drug-likeness (QED) is 0.325. The number of likely N-dealkylation sites (tertiary alicyclic amines) is 1. The Hall–Kier alpha value is -4.46. The number of fused-ring (bicyclic) bond motifs is 2. The number of ether oxygens (including phenoxy) is 1. The lowest BCUT2D eigenvalue weighted by molar-refractivity contribution is 0.0599. The molecule has 0 saturated carbocycles. The summed E-state index contributed by atoms with van der Waals surface area (Å²) in [6, 6.07) is 14.0. The first kappa shape index (κ1) is 29.6. The van der Waals surface area contributed by atoms with Crippen LogP contribution in [-0.2, 0) is 13.0 Å². The van der Waals surface area contributed by atoms with E-state index in [1.807, 2.05) is 49.1 Å². The summed E-state index contributed by atoms with van der Waals surface area (Å²) in [4.78, 5) is 38.4. The van der Waals surface area contributed by atoms with Crippen LogP contribution in [0.5, 0.6) is 5.75 Å². The van der Waals surface area contributed by atoms with Crippen molar-refractivity contribution in [2.24, 2.45) is 4.99 Å². The predicted molar refractivity (Wildman–Crippen MR) is 169 cm³/mol. The zero-order valence-corrected chi connectivity index (χ0v) is 25.2. The summed E-state index contributed by atoms with van der Waals surface area (Å²) in [6.45, 7) is 7.44. The minimum atomic E-state index is -0.799. The number of nitrogens with zero attached hydrogens (tertiary/aromatic N) is 4. The summed E-state index contributed by atoms with van der Waals surface area (Å²) >= 11 is 0. The molecule has 1 atom stereocenters. The summed E-state index contributed by atoms with van der Waals surface area (Å²) in [7, 11) is 0. The number of amides is 1. The zero-order chi connectivity index (χ0) is 30.8. The standard InChI is InChI=1S/C34H38N6O4/c1-21-4-5-31(22(2)14-21)44-20-26(41)18-37-28-6-10-36-33(42)32(28)30-16-23-15-27-24(17-29(23)38-30)19-40(34(27)43)25-7-12-39(13-8-25)11-3-9-35/h4-6,10,14-15,17,25-26,41H,3,7-8,11-13,16,18-20H2,1-2H3,(H2,36,37,42)/t26-/m1/s1. The lowest BCUT2D eigenvalue weighted by Gasteiger charge is -2.36. The van der Waals surface area contributed by atoms with E-state index in [2.05, 4.69) is 21.3 Å². The van der Waals surface area contributed by atoms with Crippen molar-refractivity contribution < 1.29 is 14.6 Å². The lowest BCUT2D eigenvalue weighted by Crippen LogP contribution is -2.45. The summed E-state index contributed by atoms with van der Waals surface area (Å²) < 4.78 is 5.82. The van der Waals surface area contributed by atoms with Gasteiger partial charge >= 0.3 is 0 Å². The molecule has 0 unspecified atom stereocenters. The SMILES string of the molecule is Cc1ccc(OC[C@H](O)CNc2cc[nH]c(=O)c2C2=Nc3cc4c(cc3C2)C(=O)N(C2CCN(CCC#N)CC2)C4)c(C)c1. The van der Waals surface area contributed by atoms with Crippen molar-refractivity contribution in [2.75, 3.05) is 38.1 Å². The molecule has 1 aromatic heterocycles. The van der Waals surface area contributed by atoms with Crippen LogP contribution in [-0.4, -0.2) is 76.4 Å². The van der Waals surface area contributed by atoms with Gasteiger partial charge < -0.3 is 29.9 Å². The number of hydrogen-bond donors (Lipinski definition) is 3. The Balaban J connectivity index is 1.11. The van der Waals surface area contributed by atoms with E-state index in [9.17, 15) is 14.7 Å². The third-order valence-electron chi connectivity index (χ3n) is 8.83. The molecule has 228 valence electrons. The number of carbonyl (C=O) groups is 1. The number of benzene rings is 2. The van der Waals surface area contributed by atoms with Crippen LogP contribution in [0.3, 0.4) is 0 Å². The van der Waals surface area contributed by atoms with E-state index in [4.69, 9.17) is 15.0 Å². The highest BCUT2D eigenvalue weighted by Crippen LogP contribution is 2.37. The molecule has 3 aliphatic rings. The second kappa shape index (κ2) is 12.6. The molecule has 3 aromatic rings. The number of nitriles is 1. The van der Waals surface area contributed by atoms with Gasteiger partial charge in [0, 0.05) is 63.4 Å². The van der Waals surface area contributed by atoms with Gasteiger partial charge in [0.1, 0.15) is 18.5 Å². The molecule has 1 fully saturated rings. The van der Waals surface area contributed by atoms with Crippen LogP contribution in [0.15, 0.2) is 52.4 Å². The maximum absolute atomic E-state index is 13.5. The van der Waals surface area contributed by atoms with Gasteiger partial charge in [0.25, 0.3) is 11.5 Å². The first-order valence-electron chi connectivity index (χ1n) is 15.3. The topological polar surface area (TPSA) is 134 Å². The fourth-order valence-electron chi connectivity index (χ4n) is 6.48. The van der Waals surface area contributed by atoms with Gasteiger partial charge in [-0.25, -0.2) is 0 Å². The molecular weight excluding hydrogens is 556 g/mol. The molecule has 4 heterocycles. The Morgan fingerprint density at radius 2 is 1.98 bits per heavy atom. The largest absolute Gasteiger partial charge is 0.491 e. The Bertz CT molecular complexity index is 1700. The second-order valence-corrected chi connectivity index (χ2v) is 12.0. The monoisotopic (exact) mass is 594 g/mol. The maximum Gasteiger partial charge on any atom is 0.259 e. The van der Waals surface area contributed by atoms with E-state index in [0.717, 1.165) is 71.7 Å². The van der Waals surface area contributed by atoms with Gasteiger partial charge in [0.2, 0.25) is 0 Å². The normalized spacial score (nSPS) is 17.2. The predicted octanol–water partition coefficient (Wildman–Crippen LogP) is 3.85. The number of aliphatic imine (C=N–C) groups is 1. The molecule has 10 nitrogen and oxygen atoms in total. The molecule has 10 heteroatoms. The van der Waals surface area contributed by atoms with E-state index in [1.54, 1.807) is 12.3 Å². The number of aromatic nitrogens is 1. The van der Waals surface area contributed by atoms with Gasteiger partial charge in [-0.15, -0.1) is 0 Å². The minimum Gasteiger partial charge on any atom is -0.491 e. The van der Waals surface area contributed by atoms with Gasteiger partial charge in [0.05, 0.1) is 28.7 Å². The number of H-pyrrole nitrogens is 1. The number of rotatable bonds is 10. The van der Waals surface area contributed by atoms with Crippen LogP contribution < -0.4 is 15.6 Å². The van der Waals surface area contributed by atoms with E-state index >= 15 is 0 Å². The molecular formula is C34H38N6O4. The van der Waals surface area contributed by atoms with Gasteiger partial charge in [-0.2, -0.15) is 5.26 Å². The number of piperidine rings is 1. The van der Waals surface area contributed by atoms with Crippen LogP contribution >= 0.6 is 0 Å². The number of hydrogen-bond acceptors (Lipinski definition) is 8. The smallest absolute Gasteiger partial charge is 0.259 e. The van der Waals surface area contributed by atoms with Gasteiger partial charge in [-0.3, -0.25) is 14.6 Å². The number of aliphatic hydroxyl groups is 1. The van der Waals surface area contributed by atoms with Crippen molar-refractivity contribution in [1.29, 1.82) is 5.26 Å². The highest BCUT2D eigenvalue weighted by Gasteiger charge is 2.36. The fourth-order valence-corrected chi connectivity index (χ4v) is 6.48. The van der Waals surface area contributed by atoms with E-state index < -0.39 is 6.10 Å². The molecule has 6 rings (SSSR count). The average Bonchev–Trinajstić information content (AvgIpc) is 3.57. The number of nitrogens with one attached hydrogen (secondary N) is 2. The Labute approximate surface area is 257 Å². The van der Waals surface area contributed by atoms with Gasteiger partial charge in [-0.05, 0) is 67.6 Å². The number of aromatic amines is 1. The Kier molecular flexibility index (Phi) is 8.51. The molecule has 3 N–H and O–H groups in total. The third-order valence-corrected chi connectivity index (χ3v) is 8.83. The van der Waals surface area contributed by atoms with E-state index in [0.29, 0.717) is 36.3 Å². The van der Waals surface area contributed by atoms with E-state index in [-0.39, 0.29) is 30.7 Å². The molecule has 0 aliphatic carbocycles. The minimum absolute atomic E-state index is 0.0590. The summed E-state index contributed by atoms with van der Waals surface area (Å²) in [5.74, 6) is 0.791. The lowest BCUT2D eigenvalue weighted by atomic mass is 10.00. The van der Waals surface area contributed by atoms with Crippen molar-refractivity contribution in [2.45, 2.75) is 58.2 Å². The highest BCUT2D eigenvalue weighted by molar-refractivity contribution is 6.10. The van der Waals surface area contributed by atoms with Crippen LogP contribution in [0, 0.1) is 25.2 Å². The number of pyridine rings is 1. The first-order chi connectivity index (χ1) is 21.3. The average molecular weight is 595 g/mol. The Morgan fingerprint density at radius 1 is 1.16 bits per heavy atom. The zero-order valence-electron chi connectivity index (χ0n) is 25.2. The van der Waals surface area contributed by atoms with Crippen LogP contribution in [0.4, 0.5) is 11.4 Å². The summed E-state index contributed by atoms with van der Waals surface area (Å²) in [5, 5.41) is 22.7. The number of aliphatic hydroxyl groups excluding tert-OH is 1. The molecule has 0 spiro atoms. The van der Waals surface area contributed by atoms with Crippen molar-refractivity contribution in [3.63, 3.8) is 0 Å². The second-order valence-electron chi connectivity index (χ2n) is 12.0. The summed E-state index contributed by atoms with van der Waals surface area (Å²) in [5.41, 5.74) is 6.94. The molecule has 2 aromatic carbocycles. The molecule has 0 radical (unpaired) electrons. The van der Waals surface area contributed by atoms with Crippen molar-refractivity contribution >= 4 is 23.0 Å². The molecule has 1 saturated heterocycles. The summed E-state index contributed by atoms with van der Waals surface area (Å²) in [6.07, 6.45) is 3.56. The first-order valence-corrected chi connectivity index (χ1v) is 15.3. The van der Waals surface area contributed by atoms with Crippen LogP contribution in [0.1, 0.15) is 57.4 Å². The number of anilines is 1. The van der Waals surface area contributed by atoms with E-state index in [1.165, 1.54) is 0 Å². The maximum atomic E-state index is 13.5. The number of carbonyl (C=O) groups excluding carboxylic acids is 1. The molecule has 0 bridgehead atoms. The van der Waals surface area contributed by atoms with Crippen molar-refractivity contribution in [3.8, 4) is 11.8 Å². The molecule has 3 aliphatic heterocycles. The Morgan fingerprint density at radius 3 is 2.75 bits per heavy atom. The fraction of sp³-hybridized carbons (Fsp3) is 0.412. The van der Waals surface area contributed by atoms with Crippen molar-refractivity contribution in [3.05, 3.63) is 86.3 Å². The highest BCUT2D eigenvalue weighted by atomic mass is 16.5.